The Morgan fingerprint density at radius 3 is 2.78 bits per heavy atom. The molecule has 0 aliphatic carbocycles. The van der Waals surface area contributed by atoms with Crippen LogP contribution in [-0.2, 0) is 17.9 Å². The molecule has 1 aromatic carbocycles. The lowest BCUT2D eigenvalue weighted by Crippen LogP contribution is -2.47. The smallest absolute Gasteiger partial charge is 0.222 e. The van der Waals surface area contributed by atoms with Gasteiger partial charge in [0.15, 0.2) is 0 Å². The molecule has 3 aliphatic rings. The average Bonchev–Trinajstić information content (AvgIpc) is 3.03. The number of piperidine rings is 1. The standard InChI is InChI=1S/C21H27FN4O/c22-19-6-3-17(4-7-19)12-25-13-18-5-8-20(15-25)26(14-18)21(27)2-1-10-24-11-9-23-16-24/h3-4,6-7,9,11,16,18,20H,1-2,5,8,10,12-15H2/t18-,20+/m1/s1. The molecule has 5 nitrogen and oxygen atoms in total. The molecule has 3 saturated heterocycles. The summed E-state index contributed by atoms with van der Waals surface area (Å²) in [5.41, 5.74) is 1.14. The van der Waals surface area contributed by atoms with Gasteiger partial charge in [-0.25, -0.2) is 9.37 Å². The van der Waals surface area contributed by atoms with Crippen molar-refractivity contribution in [2.24, 2.45) is 5.92 Å². The Hall–Kier alpha value is -2.21. The van der Waals surface area contributed by atoms with Crippen molar-refractivity contribution >= 4 is 5.91 Å². The first kappa shape index (κ1) is 18.2. The first-order valence-corrected chi connectivity index (χ1v) is 9.89. The number of fused-ring (bicyclic) bond motifs is 4. The van der Waals surface area contributed by atoms with Crippen molar-refractivity contribution in [2.75, 3.05) is 19.6 Å². The molecule has 2 aromatic rings. The molecule has 0 spiro atoms. The van der Waals surface area contributed by atoms with Crippen LogP contribution in [0.1, 0.15) is 31.2 Å². The molecule has 2 bridgehead atoms. The molecular weight excluding hydrogens is 343 g/mol. The third-order valence-corrected chi connectivity index (χ3v) is 5.80. The molecule has 6 heteroatoms. The van der Waals surface area contributed by atoms with Gasteiger partial charge < -0.3 is 9.47 Å². The van der Waals surface area contributed by atoms with Crippen molar-refractivity contribution in [2.45, 2.75) is 44.8 Å². The SMILES string of the molecule is O=C(CCCn1ccnc1)N1C[C@@H]2CC[C@H]1CN(Cc1ccc(F)cc1)C2. The molecule has 2 atom stereocenters. The van der Waals surface area contributed by atoms with Gasteiger partial charge in [0, 0.05) is 57.6 Å². The van der Waals surface area contributed by atoms with Gasteiger partial charge in [0.05, 0.1) is 6.33 Å². The first-order valence-electron chi connectivity index (χ1n) is 9.89. The highest BCUT2D eigenvalue weighted by molar-refractivity contribution is 5.76. The second kappa shape index (κ2) is 8.21. The third-order valence-electron chi connectivity index (χ3n) is 5.80. The van der Waals surface area contributed by atoms with Crippen LogP contribution >= 0.6 is 0 Å². The summed E-state index contributed by atoms with van der Waals surface area (Å²) in [6.07, 6.45) is 9.24. The van der Waals surface area contributed by atoms with E-state index in [0.717, 1.165) is 51.1 Å². The number of nitrogens with zero attached hydrogens (tertiary/aromatic N) is 4. The molecule has 1 aromatic heterocycles. The minimum atomic E-state index is -0.192. The molecule has 3 aliphatic heterocycles. The molecule has 0 N–H and O–H groups in total. The van der Waals surface area contributed by atoms with E-state index in [1.54, 1.807) is 12.5 Å². The number of hydrogen-bond acceptors (Lipinski definition) is 3. The fraction of sp³-hybridized carbons (Fsp3) is 0.524. The lowest BCUT2D eigenvalue weighted by atomic mass is 9.94. The van der Waals surface area contributed by atoms with Crippen LogP contribution < -0.4 is 0 Å². The Labute approximate surface area is 159 Å². The minimum absolute atomic E-state index is 0.192. The van der Waals surface area contributed by atoms with E-state index >= 15 is 0 Å². The Morgan fingerprint density at radius 1 is 1.15 bits per heavy atom. The maximum atomic E-state index is 13.1. The molecule has 3 fully saturated rings. The summed E-state index contributed by atoms with van der Waals surface area (Å²) in [5, 5.41) is 0. The van der Waals surface area contributed by atoms with Crippen LogP contribution in [0.15, 0.2) is 43.0 Å². The number of hydrogen-bond donors (Lipinski definition) is 0. The van der Waals surface area contributed by atoms with Crippen LogP contribution in [-0.4, -0.2) is 50.9 Å². The van der Waals surface area contributed by atoms with Crippen LogP contribution in [0.4, 0.5) is 4.39 Å². The summed E-state index contributed by atoms with van der Waals surface area (Å²) in [4.78, 5) is 21.4. The number of carbonyl (C=O) groups excluding carboxylic acids is 1. The van der Waals surface area contributed by atoms with Gasteiger partial charge in [-0.1, -0.05) is 12.1 Å². The minimum Gasteiger partial charge on any atom is -0.338 e. The van der Waals surface area contributed by atoms with Crippen LogP contribution in [0, 0.1) is 11.7 Å². The van der Waals surface area contributed by atoms with Gasteiger partial charge in [-0.05, 0) is 42.9 Å². The van der Waals surface area contributed by atoms with Crippen molar-refractivity contribution in [1.29, 1.82) is 0 Å². The lowest BCUT2D eigenvalue weighted by Gasteiger charge is -2.36. The van der Waals surface area contributed by atoms with Crippen molar-refractivity contribution < 1.29 is 9.18 Å². The fourth-order valence-electron chi connectivity index (χ4n) is 4.44. The third kappa shape index (κ3) is 4.56. The molecule has 4 heterocycles. The van der Waals surface area contributed by atoms with Gasteiger partial charge in [-0.15, -0.1) is 0 Å². The summed E-state index contributed by atoms with van der Waals surface area (Å²) < 4.78 is 15.2. The highest BCUT2D eigenvalue weighted by atomic mass is 19.1. The largest absolute Gasteiger partial charge is 0.338 e. The highest BCUT2D eigenvalue weighted by Gasteiger charge is 2.36. The fourth-order valence-corrected chi connectivity index (χ4v) is 4.44. The van der Waals surface area contributed by atoms with Crippen molar-refractivity contribution in [3.63, 3.8) is 0 Å². The van der Waals surface area contributed by atoms with Crippen molar-refractivity contribution in [1.82, 2.24) is 19.4 Å². The topological polar surface area (TPSA) is 41.4 Å². The Morgan fingerprint density at radius 2 is 2.00 bits per heavy atom. The predicted octanol–water partition coefficient (Wildman–Crippen LogP) is 2.93. The molecule has 0 saturated carbocycles. The maximum absolute atomic E-state index is 13.1. The van der Waals surface area contributed by atoms with Gasteiger partial charge in [0.1, 0.15) is 5.82 Å². The molecule has 27 heavy (non-hydrogen) atoms. The van der Waals surface area contributed by atoms with E-state index in [9.17, 15) is 9.18 Å². The summed E-state index contributed by atoms with van der Waals surface area (Å²) >= 11 is 0. The molecule has 144 valence electrons. The van der Waals surface area contributed by atoms with Crippen LogP contribution in [0.25, 0.3) is 0 Å². The van der Waals surface area contributed by atoms with Gasteiger partial charge in [-0.3, -0.25) is 9.69 Å². The van der Waals surface area contributed by atoms with E-state index in [4.69, 9.17) is 0 Å². The normalized spacial score (nSPS) is 22.8. The quantitative estimate of drug-likeness (QED) is 0.785. The average molecular weight is 370 g/mol. The molecule has 0 unspecified atom stereocenters. The predicted molar refractivity (Wildman–Crippen MR) is 101 cm³/mol. The van der Waals surface area contributed by atoms with Gasteiger partial charge >= 0.3 is 0 Å². The number of imidazole rings is 1. The van der Waals surface area contributed by atoms with E-state index in [2.05, 4.69) is 14.8 Å². The zero-order valence-electron chi connectivity index (χ0n) is 15.6. The van der Waals surface area contributed by atoms with E-state index in [-0.39, 0.29) is 11.7 Å². The van der Waals surface area contributed by atoms with Crippen LogP contribution in [0.3, 0.4) is 0 Å². The molecule has 1 amide bonds. The lowest BCUT2D eigenvalue weighted by molar-refractivity contribution is -0.135. The van der Waals surface area contributed by atoms with Gasteiger partial charge in [0.25, 0.3) is 0 Å². The number of halogens is 1. The Balaban J connectivity index is 1.33. The van der Waals surface area contributed by atoms with Gasteiger partial charge in [0.2, 0.25) is 5.91 Å². The molecular formula is C21H27FN4O. The Bertz CT molecular complexity index is 746. The summed E-state index contributed by atoms with van der Waals surface area (Å²) in [6.45, 7) is 4.49. The number of aromatic nitrogens is 2. The monoisotopic (exact) mass is 370 g/mol. The number of aryl methyl sites for hydroxylation is 1. The number of benzene rings is 1. The van der Waals surface area contributed by atoms with Crippen LogP contribution in [0.2, 0.25) is 0 Å². The maximum Gasteiger partial charge on any atom is 0.222 e. The zero-order chi connectivity index (χ0) is 18.6. The highest BCUT2D eigenvalue weighted by Crippen LogP contribution is 2.29. The van der Waals surface area contributed by atoms with E-state index in [0.29, 0.717) is 18.4 Å². The molecule has 0 radical (unpaired) electrons. The van der Waals surface area contributed by atoms with Gasteiger partial charge in [-0.2, -0.15) is 0 Å². The van der Waals surface area contributed by atoms with Crippen molar-refractivity contribution in [3.8, 4) is 0 Å². The van der Waals surface area contributed by atoms with E-state index in [1.807, 2.05) is 22.9 Å². The van der Waals surface area contributed by atoms with E-state index in [1.165, 1.54) is 18.6 Å². The second-order valence-corrected chi connectivity index (χ2v) is 7.87. The van der Waals surface area contributed by atoms with Crippen LogP contribution in [0.5, 0.6) is 0 Å². The number of carbonyl (C=O) groups is 1. The summed E-state index contributed by atoms with van der Waals surface area (Å²) in [6, 6.07) is 7.09. The second-order valence-electron chi connectivity index (χ2n) is 7.87. The number of amides is 1. The zero-order valence-corrected chi connectivity index (χ0v) is 15.6. The summed E-state index contributed by atoms with van der Waals surface area (Å²) in [7, 11) is 0. The molecule has 5 rings (SSSR count). The first-order chi connectivity index (χ1) is 13.2. The number of rotatable bonds is 6. The van der Waals surface area contributed by atoms with Crippen molar-refractivity contribution in [3.05, 3.63) is 54.4 Å². The summed E-state index contributed by atoms with van der Waals surface area (Å²) in [5.74, 6) is 0.636. The van der Waals surface area contributed by atoms with E-state index < -0.39 is 0 Å². The Kier molecular flexibility index (Phi) is 5.53.